The van der Waals surface area contributed by atoms with E-state index in [0.717, 1.165) is 29.5 Å². The minimum absolute atomic E-state index is 0.409. The molecule has 27 heavy (non-hydrogen) atoms. The van der Waals surface area contributed by atoms with Gasteiger partial charge in [-0.05, 0) is 16.3 Å². The number of carbonyl (C=O) groups excluding carboxylic acids is 1. The topological polar surface area (TPSA) is 68.5 Å². The van der Waals surface area contributed by atoms with Crippen LogP contribution in [0, 0.1) is 0 Å². The summed E-state index contributed by atoms with van der Waals surface area (Å²) in [6.45, 7) is 6.96. The van der Waals surface area contributed by atoms with E-state index in [0.29, 0.717) is 24.5 Å². The predicted molar refractivity (Wildman–Crippen MR) is 112 cm³/mol. The Morgan fingerprint density at radius 3 is 2.56 bits per heavy atom. The number of nitrogens with zero attached hydrogens (tertiary/aromatic N) is 2. The van der Waals surface area contributed by atoms with Crippen LogP contribution >= 0.6 is 11.3 Å². The van der Waals surface area contributed by atoms with Gasteiger partial charge in [0, 0.05) is 19.5 Å². The molecule has 2 N–H and O–H groups in total. The van der Waals surface area contributed by atoms with Gasteiger partial charge in [-0.2, -0.15) is 0 Å². The third-order valence-corrected chi connectivity index (χ3v) is 5.55. The summed E-state index contributed by atoms with van der Waals surface area (Å²) in [4.78, 5) is 19.3. The molecule has 0 spiro atoms. The maximum absolute atomic E-state index is 11.9. The largest absolute Gasteiger partial charge is 0.378 e. The summed E-state index contributed by atoms with van der Waals surface area (Å²) in [5, 5.41) is 3.24. The fraction of sp³-hybridized carbons (Fsp3) is 0.333. The minimum atomic E-state index is -0.409. The van der Waals surface area contributed by atoms with Gasteiger partial charge in [-0.25, -0.2) is 4.98 Å². The molecule has 2 heterocycles. The van der Waals surface area contributed by atoms with E-state index < -0.39 is 5.91 Å². The van der Waals surface area contributed by atoms with Crippen molar-refractivity contribution in [2.45, 2.75) is 20.3 Å². The van der Waals surface area contributed by atoms with Crippen LogP contribution in [0.2, 0.25) is 0 Å². The first-order chi connectivity index (χ1) is 13.2. The Morgan fingerprint density at radius 1 is 1.15 bits per heavy atom. The van der Waals surface area contributed by atoms with Gasteiger partial charge < -0.3 is 15.4 Å². The van der Waals surface area contributed by atoms with Crippen LogP contribution in [-0.2, 0) is 11.2 Å². The number of benzene rings is 2. The smallest absolute Gasteiger partial charge is 0.260 e. The molecular weight excluding hydrogens is 358 g/mol. The SMILES string of the molecule is CC.NC(=O)c1sc(N2CCOCC2)nc1Cc1ccc2ccccc2c1. The van der Waals surface area contributed by atoms with Gasteiger partial charge in [0.1, 0.15) is 4.88 Å². The highest BCUT2D eigenvalue weighted by Gasteiger charge is 2.21. The van der Waals surface area contributed by atoms with Gasteiger partial charge in [0.15, 0.2) is 5.13 Å². The number of hydrogen-bond acceptors (Lipinski definition) is 5. The Labute approximate surface area is 163 Å². The zero-order chi connectivity index (χ0) is 19.2. The van der Waals surface area contributed by atoms with Crippen LogP contribution in [-0.4, -0.2) is 37.2 Å². The van der Waals surface area contributed by atoms with Gasteiger partial charge in [0.05, 0.1) is 18.9 Å². The number of fused-ring (bicyclic) bond motifs is 1. The number of amides is 1. The molecule has 1 fully saturated rings. The van der Waals surface area contributed by atoms with Gasteiger partial charge in [-0.15, -0.1) is 0 Å². The molecule has 0 aliphatic carbocycles. The lowest BCUT2D eigenvalue weighted by molar-refractivity contribution is 0.100. The lowest BCUT2D eigenvalue weighted by Crippen LogP contribution is -2.36. The molecule has 1 saturated heterocycles. The first-order valence-corrected chi connectivity index (χ1v) is 10.1. The second-order valence-electron chi connectivity index (χ2n) is 6.09. The van der Waals surface area contributed by atoms with Crippen molar-refractivity contribution in [3.63, 3.8) is 0 Å². The molecule has 6 heteroatoms. The molecule has 0 unspecified atom stereocenters. The van der Waals surface area contributed by atoms with Crippen LogP contribution in [0.3, 0.4) is 0 Å². The molecule has 142 valence electrons. The fourth-order valence-electron chi connectivity index (χ4n) is 3.08. The number of aromatic nitrogens is 1. The number of rotatable bonds is 4. The average molecular weight is 384 g/mol. The number of ether oxygens (including phenoxy) is 1. The average Bonchev–Trinajstić information content (AvgIpc) is 3.14. The van der Waals surface area contributed by atoms with E-state index in [1.807, 2.05) is 26.0 Å². The van der Waals surface area contributed by atoms with Crippen molar-refractivity contribution in [2.75, 3.05) is 31.2 Å². The number of morpholine rings is 1. The van der Waals surface area contributed by atoms with Crippen molar-refractivity contribution in [3.05, 3.63) is 58.6 Å². The maximum Gasteiger partial charge on any atom is 0.260 e. The Bertz CT molecular complexity index is 917. The summed E-state index contributed by atoms with van der Waals surface area (Å²) < 4.78 is 5.39. The van der Waals surface area contributed by atoms with Gasteiger partial charge in [0.25, 0.3) is 5.91 Å². The summed E-state index contributed by atoms with van der Waals surface area (Å²) in [5.74, 6) is -0.409. The van der Waals surface area contributed by atoms with Crippen LogP contribution in [0.4, 0.5) is 5.13 Å². The normalized spacial score (nSPS) is 13.9. The second kappa shape index (κ2) is 8.97. The molecule has 1 aliphatic rings. The molecule has 3 aromatic rings. The number of nitrogens with two attached hydrogens (primary N) is 1. The second-order valence-corrected chi connectivity index (χ2v) is 7.07. The van der Waals surface area contributed by atoms with Crippen molar-refractivity contribution < 1.29 is 9.53 Å². The maximum atomic E-state index is 11.9. The van der Waals surface area contributed by atoms with E-state index >= 15 is 0 Å². The zero-order valence-electron chi connectivity index (χ0n) is 15.8. The van der Waals surface area contributed by atoms with E-state index in [-0.39, 0.29) is 0 Å². The van der Waals surface area contributed by atoms with Crippen molar-refractivity contribution >= 4 is 33.1 Å². The molecule has 0 saturated carbocycles. The van der Waals surface area contributed by atoms with Gasteiger partial charge >= 0.3 is 0 Å². The Hall–Kier alpha value is -2.44. The Morgan fingerprint density at radius 2 is 1.85 bits per heavy atom. The molecule has 0 bridgehead atoms. The van der Waals surface area contributed by atoms with Crippen LogP contribution in [0.1, 0.15) is 34.8 Å². The lowest BCUT2D eigenvalue weighted by Gasteiger charge is -2.26. The van der Waals surface area contributed by atoms with E-state index in [1.165, 1.54) is 22.1 Å². The lowest BCUT2D eigenvalue weighted by atomic mass is 10.0. The summed E-state index contributed by atoms with van der Waals surface area (Å²) >= 11 is 1.38. The molecule has 0 radical (unpaired) electrons. The summed E-state index contributed by atoms with van der Waals surface area (Å²) in [5.41, 5.74) is 7.47. The van der Waals surface area contributed by atoms with E-state index in [4.69, 9.17) is 15.5 Å². The number of hydrogen-bond donors (Lipinski definition) is 1. The van der Waals surface area contributed by atoms with Crippen LogP contribution < -0.4 is 10.6 Å². The first kappa shape index (κ1) is 19.3. The van der Waals surface area contributed by atoms with Crippen LogP contribution in [0.5, 0.6) is 0 Å². The number of carbonyl (C=O) groups is 1. The highest BCUT2D eigenvalue weighted by Crippen LogP contribution is 2.29. The fourth-order valence-corrected chi connectivity index (χ4v) is 4.07. The summed E-state index contributed by atoms with van der Waals surface area (Å²) in [6.07, 6.45) is 0.601. The minimum Gasteiger partial charge on any atom is -0.378 e. The van der Waals surface area contributed by atoms with Crippen molar-refractivity contribution in [2.24, 2.45) is 5.73 Å². The van der Waals surface area contributed by atoms with Crippen LogP contribution in [0.15, 0.2) is 42.5 Å². The number of primary amides is 1. The van der Waals surface area contributed by atoms with Crippen molar-refractivity contribution in [1.29, 1.82) is 0 Å². The van der Waals surface area contributed by atoms with E-state index in [1.54, 1.807) is 0 Å². The highest BCUT2D eigenvalue weighted by atomic mass is 32.1. The molecule has 4 rings (SSSR count). The van der Waals surface area contributed by atoms with Gasteiger partial charge in [-0.3, -0.25) is 4.79 Å². The molecule has 1 amide bonds. The van der Waals surface area contributed by atoms with Crippen molar-refractivity contribution in [3.8, 4) is 0 Å². The molecule has 5 nitrogen and oxygen atoms in total. The molecule has 1 aromatic heterocycles. The third kappa shape index (κ3) is 4.46. The highest BCUT2D eigenvalue weighted by molar-refractivity contribution is 7.17. The van der Waals surface area contributed by atoms with Gasteiger partial charge in [0.2, 0.25) is 0 Å². The van der Waals surface area contributed by atoms with E-state index in [9.17, 15) is 4.79 Å². The quantitative estimate of drug-likeness (QED) is 0.743. The van der Waals surface area contributed by atoms with Crippen LogP contribution in [0.25, 0.3) is 10.8 Å². The van der Waals surface area contributed by atoms with E-state index in [2.05, 4.69) is 35.2 Å². The monoisotopic (exact) mass is 383 g/mol. The molecule has 2 aromatic carbocycles. The summed E-state index contributed by atoms with van der Waals surface area (Å²) in [7, 11) is 0. The number of thiazole rings is 1. The Kier molecular flexibility index (Phi) is 6.42. The third-order valence-electron chi connectivity index (χ3n) is 4.38. The number of anilines is 1. The predicted octanol–water partition coefficient (Wildman–Crippen LogP) is 3.85. The Balaban J connectivity index is 0.00000102. The zero-order valence-corrected chi connectivity index (χ0v) is 16.6. The van der Waals surface area contributed by atoms with Crippen molar-refractivity contribution in [1.82, 2.24) is 4.98 Å². The first-order valence-electron chi connectivity index (χ1n) is 9.30. The standard InChI is InChI=1S/C19H19N3O2S.C2H6/c20-18(23)17-16(21-19(25-17)22-7-9-24-10-8-22)12-13-5-6-14-3-1-2-4-15(14)11-13;1-2/h1-6,11H,7-10,12H2,(H2,20,23);1-2H3. The molecule has 1 aliphatic heterocycles. The van der Waals surface area contributed by atoms with Gasteiger partial charge in [-0.1, -0.05) is 67.6 Å². The molecular formula is C21H25N3O2S. The molecule has 0 atom stereocenters. The summed E-state index contributed by atoms with van der Waals surface area (Å²) in [6, 6.07) is 14.6.